The van der Waals surface area contributed by atoms with Crippen molar-refractivity contribution < 1.29 is 4.79 Å². The average Bonchev–Trinajstić information content (AvgIpc) is 2.98. The van der Waals surface area contributed by atoms with Gasteiger partial charge >= 0.3 is 0 Å². The van der Waals surface area contributed by atoms with Gasteiger partial charge in [0.15, 0.2) is 0 Å². The van der Waals surface area contributed by atoms with Crippen LogP contribution in [0.5, 0.6) is 0 Å². The third-order valence-electron chi connectivity index (χ3n) is 3.93. The van der Waals surface area contributed by atoms with E-state index in [0.29, 0.717) is 13.1 Å². The maximum atomic E-state index is 12.5. The van der Waals surface area contributed by atoms with Crippen molar-refractivity contribution in [2.75, 3.05) is 13.6 Å². The molecule has 1 aliphatic rings. The maximum absolute atomic E-state index is 12.5. The van der Waals surface area contributed by atoms with Gasteiger partial charge in [-0.15, -0.1) is 0 Å². The Bertz CT molecular complexity index is 420. The molecule has 0 aromatic carbocycles. The Hall–Kier alpha value is -1.36. The predicted molar refractivity (Wildman–Crippen MR) is 69.6 cm³/mol. The number of amides is 1. The average molecular weight is 250 g/mol. The largest absolute Gasteiger partial charge is 0.341 e. The highest BCUT2D eigenvalue weighted by atomic mass is 16.2. The van der Waals surface area contributed by atoms with Crippen LogP contribution in [0.4, 0.5) is 0 Å². The van der Waals surface area contributed by atoms with Gasteiger partial charge in [0.1, 0.15) is 0 Å². The van der Waals surface area contributed by atoms with Crippen LogP contribution in [-0.4, -0.2) is 34.2 Å². The summed E-state index contributed by atoms with van der Waals surface area (Å²) in [6.45, 7) is 1.07. The van der Waals surface area contributed by atoms with Crippen LogP contribution in [-0.2, 0) is 18.4 Å². The molecule has 1 amide bonds. The molecule has 0 saturated heterocycles. The lowest BCUT2D eigenvalue weighted by atomic mass is 9.84. The second-order valence-electron chi connectivity index (χ2n) is 5.38. The Labute approximate surface area is 108 Å². The molecule has 0 aliphatic heterocycles. The van der Waals surface area contributed by atoms with Crippen LogP contribution >= 0.6 is 0 Å². The summed E-state index contributed by atoms with van der Waals surface area (Å²) in [5.41, 5.74) is 6.59. The van der Waals surface area contributed by atoms with Gasteiger partial charge in [-0.3, -0.25) is 9.48 Å². The van der Waals surface area contributed by atoms with Gasteiger partial charge in [0.05, 0.1) is 11.6 Å². The van der Waals surface area contributed by atoms with Gasteiger partial charge in [0.25, 0.3) is 0 Å². The lowest BCUT2D eigenvalue weighted by molar-refractivity contribution is -0.140. The number of nitrogens with zero attached hydrogens (tertiary/aromatic N) is 3. The highest BCUT2D eigenvalue weighted by Crippen LogP contribution is 2.38. The van der Waals surface area contributed by atoms with E-state index < -0.39 is 0 Å². The summed E-state index contributed by atoms with van der Waals surface area (Å²) in [5.74, 6) is 0.186. The predicted octanol–water partition coefficient (Wildman–Crippen LogP) is 0.898. The Morgan fingerprint density at radius 3 is 2.72 bits per heavy atom. The second kappa shape index (κ2) is 5.10. The normalized spacial score (nSPS) is 17.9. The van der Waals surface area contributed by atoms with Gasteiger partial charge in [-0.2, -0.15) is 5.10 Å². The van der Waals surface area contributed by atoms with Crippen molar-refractivity contribution in [2.45, 2.75) is 32.2 Å². The second-order valence-corrected chi connectivity index (χ2v) is 5.38. The summed E-state index contributed by atoms with van der Waals surface area (Å²) < 4.78 is 1.75. The number of rotatable bonds is 4. The van der Waals surface area contributed by atoms with Crippen molar-refractivity contribution in [3.05, 3.63) is 18.0 Å². The molecule has 100 valence electrons. The first-order valence-corrected chi connectivity index (χ1v) is 6.50. The van der Waals surface area contributed by atoms with Crippen LogP contribution in [0, 0.1) is 5.41 Å². The number of hydrogen-bond acceptors (Lipinski definition) is 3. The van der Waals surface area contributed by atoms with Crippen LogP contribution in [0.2, 0.25) is 0 Å². The van der Waals surface area contributed by atoms with E-state index in [1.54, 1.807) is 15.8 Å². The quantitative estimate of drug-likeness (QED) is 0.863. The van der Waals surface area contributed by atoms with E-state index in [9.17, 15) is 4.79 Å². The first-order chi connectivity index (χ1) is 8.57. The highest BCUT2D eigenvalue weighted by Gasteiger charge is 2.41. The fraction of sp³-hybridized carbons (Fsp3) is 0.692. The third kappa shape index (κ3) is 2.41. The summed E-state index contributed by atoms with van der Waals surface area (Å²) in [7, 11) is 3.73. The fourth-order valence-corrected chi connectivity index (χ4v) is 2.86. The van der Waals surface area contributed by atoms with Crippen LogP contribution in [0.3, 0.4) is 0 Å². The summed E-state index contributed by atoms with van der Waals surface area (Å²) in [6, 6.07) is 0. The molecular weight excluding hydrogens is 228 g/mol. The Kier molecular flexibility index (Phi) is 3.71. The van der Waals surface area contributed by atoms with E-state index in [1.165, 1.54) is 0 Å². The zero-order valence-corrected chi connectivity index (χ0v) is 11.2. The van der Waals surface area contributed by atoms with Gasteiger partial charge in [0, 0.05) is 38.9 Å². The van der Waals surface area contributed by atoms with Crippen LogP contribution < -0.4 is 5.73 Å². The van der Waals surface area contributed by atoms with Gasteiger partial charge in [-0.25, -0.2) is 0 Å². The fourth-order valence-electron chi connectivity index (χ4n) is 2.86. The van der Waals surface area contributed by atoms with Gasteiger partial charge in [0.2, 0.25) is 5.91 Å². The van der Waals surface area contributed by atoms with E-state index in [-0.39, 0.29) is 11.3 Å². The number of hydrogen-bond donors (Lipinski definition) is 1. The molecule has 5 nitrogen and oxygen atoms in total. The van der Waals surface area contributed by atoms with Gasteiger partial charge in [-0.05, 0) is 12.8 Å². The molecule has 1 aliphatic carbocycles. The molecule has 1 fully saturated rings. The monoisotopic (exact) mass is 250 g/mol. The molecule has 1 aromatic rings. The molecule has 1 aromatic heterocycles. The zero-order valence-electron chi connectivity index (χ0n) is 11.2. The SMILES string of the molecule is CN(Cc1cnn(C)c1)C(=O)C1(CN)CCCC1. The molecule has 0 bridgehead atoms. The molecule has 2 N–H and O–H groups in total. The summed E-state index contributed by atoms with van der Waals surface area (Å²) in [5, 5.41) is 4.12. The smallest absolute Gasteiger partial charge is 0.230 e. The molecule has 0 radical (unpaired) electrons. The van der Waals surface area contributed by atoms with E-state index in [4.69, 9.17) is 5.73 Å². The Balaban J connectivity index is 2.04. The van der Waals surface area contributed by atoms with E-state index in [0.717, 1.165) is 31.2 Å². The van der Waals surface area contributed by atoms with Gasteiger partial charge in [-0.1, -0.05) is 12.8 Å². The standard InChI is InChI=1S/C13H22N4O/c1-16(8-11-7-15-17(2)9-11)12(18)13(10-14)5-3-4-6-13/h7,9H,3-6,8,10,14H2,1-2H3. The van der Waals surface area contributed by atoms with Gasteiger partial charge < -0.3 is 10.6 Å². The first kappa shape index (κ1) is 13.1. The Morgan fingerprint density at radius 1 is 1.56 bits per heavy atom. The molecule has 0 atom stereocenters. The van der Waals surface area contributed by atoms with Crippen LogP contribution in [0.1, 0.15) is 31.2 Å². The minimum Gasteiger partial charge on any atom is -0.341 e. The molecule has 0 spiro atoms. The molecule has 1 saturated carbocycles. The number of carbonyl (C=O) groups is 1. The van der Waals surface area contributed by atoms with E-state index in [1.807, 2.05) is 20.3 Å². The van der Waals surface area contributed by atoms with Crippen LogP contribution in [0.25, 0.3) is 0 Å². The minimum atomic E-state index is -0.309. The molecular formula is C13H22N4O. The van der Waals surface area contributed by atoms with Crippen molar-refractivity contribution in [3.8, 4) is 0 Å². The molecule has 1 heterocycles. The minimum absolute atomic E-state index is 0.186. The molecule has 2 rings (SSSR count). The number of carbonyl (C=O) groups excluding carboxylic acids is 1. The van der Waals surface area contributed by atoms with Crippen molar-refractivity contribution >= 4 is 5.91 Å². The van der Waals surface area contributed by atoms with Crippen LogP contribution in [0.15, 0.2) is 12.4 Å². The lowest BCUT2D eigenvalue weighted by Crippen LogP contribution is -2.44. The number of aromatic nitrogens is 2. The van der Waals surface area contributed by atoms with Crippen molar-refractivity contribution in [1.82, 2.24) is 14.7 Å². The molecule has 5 heteroatoms. The van der Waals surface area contributed by atoms with Crippen molar-refractivity contribution in [2.24, 2.45) is 18.2 Å². The zero-order chi connectivity index (χ0) is 13.2. The molecule has 18 heavy (non-hydrogen) atoms. The van der Waals surface area contributed by atoms with Crippen molar-refractivity contribution in [3.63, 3.8) is 0 Å². The third-order valence-corrected chi connectivity index (χ3v) is 3.93. The first-order valence-electron chi connectivity index (χ1n) is 6.50. The van der Waals surface area contributed by atoms with E-state index >= 15 is 0 Å². The topological polar surface area (TPSA) is 64.2 Å². The maximum Gasteiger partial charge on any atom is 0.230 e. The lowest BCUT2D eigenvalue weighted by Gasteiger charge is -2.31. The summed E-state index contributed by atoms with van der Waals surface area (Å²) in [6.07, 6.45) is 7.83. The summed E-state index contributed by atoms with van der Waals surface area (Å²) in [4.78, 5) is 14.3. The number of nitrogens with two attached hydrogens (primary N) is 1. The van der Waals surface area contributed by atoms with Crippen molar-refractivity contribution in [1.29, 1.82) is 0 Å². The summed E-state index contributed by atoms with van der Waals surface area (Å²) >= 11 is 0. The Morgan fingerprint density at radius 2 is 2.22 bits per heavy atom. The molecule has 0 unspecified atom stereocenters. The van der Waals surface area contributed by atoms with E-state index in [2.05, 4.69) is 5.10 Å². The number of aryl methyl sites for hydroxylation is 1. The highest BCUT2D eigenvalue weighted by molar-refractivity contribution is 5.83.